The lowest BCUT2D eigenvalue weighted by Crippen LogP contribution is -2.51. The minimum Gasteiger partial charge on any atom is -0.380 e. The fraction of sp³-hybridized carbons (Fsp3) is 0.889. The van der Waals surface area contributed by atoms with E-state index >= 15 is 0 Å². The van der Waals surface area contributed by atoms with Gasteiger partial charge in [-0.15, -0.1) is 0 Å². The zero-order valence-corrected chi connectivity index (χ0v) is 8.94. The molecule has 0 bridgehead atoms. The van der Waals surface area contributed by atoms with E-state index < -0.39 is 5.54 Å². The maximum absolute atomic E-state index is 11.4. The molecule has 4 nitrogen and oxygen atoms in total. The smallest absolute Gasteiger partial charge is 0.239 e. The highest BCUT2D eigenvalue weighted by Gasteiger charge is 2.24. The quantitative estimate of drug-likeness (QED) is 0.583. The number of hydrogen-bond donors (Lipinski definition) is 2. The van der Waals surface area contributed by atoms with Crippen LogP contribution in [0.25, 0.3) is 0 Å². The van der Waals surface area contributed by atoms with Gasteiger partial charge in [0, 0.05) is 13.2 Å². The third kappa shape index (κ3) is 4.85. The van der Waals surface area contributed by atoms with Crippen LogP contribution in [0, 0.1) is 0 Å². The highest BCUT2D eigenvalue weighted by molar-refractivity contribution is 5.85. The van der Waals surface area contributed by atoms with Gasteiger partial charge in [0.15, 0.2) is 0 Å². The van der Waals surface area contributed by atoms with Gasteiger partial charge >= 0.3 is 0 Å². The number of amides is 1. The van der Waals surface area contributed by atoms with Gasteiger partial charge in [0.25, 0.3) is 0 Å². The molecule has 78 valence electrons. The largest absolute Gasteiger partial charge is 0.380 e. The van der Waals surface area contributed by atoms with Crippen molar-refractivity contribution >= 4 is 5.91 Å². The molecule has 0 aliphatic carbocycles. The summed E-state index contributed by atoms with van der Waals surface area (Å²) >= 11 is 0. The molecule has 2 N–H and O–H groups in total. The van der Waals surface area contributed by atoms with Gasteiger partial charge < -0.3 is 15.4 Å². The second kappa shape index (κ2) is 5.94. The molecule has 0 fully saturated rings. The van der Waals surface area contributed by atoms with Gasteiger partial charge in [0.2, 0.25) is 5.91 Å². The third-order valence-electron chi connectivity index (χ3n) is 1.93. The molecule has 0 heterocycles. The third-order valence-corrected chi connectivity index (χ3v) is 1.93. The molecule has 0 unspecified atom stereocenters. The first kappa shape index (κ1) is 12.4. The van der Waals surface area contributed by atoms with Gasteiger partial charge in [-0.3, -0.25) is 4.79 Å². The molecule has 0 radical (unpaired) electrons. The predicted molar refractivity (Wildman–Crippen MR) is 52.6 cm³/mol. The van der Waals surface area contributed by atoms with E-state index in [1.807, 2.05) is 20.8 Å². The van der Waals surface area contributed by atoms with Crippen molar-refractivity contribution in [3.63, 3.8) is 0 Å². The minimum absolute atomic E-state index is 0.00490. The number of carbonyl (C=O) groups excluding carboxylic acids is 1. The summed E-state index contributed by atoms with van der Waals surface area (Å²) < 4.78 is 5.10. The van der Waals surface area contributed by atoms with Crippen LogP contribution >= 0.6 is 0 Å². The Morgan fingerprint density at radius 2 is 2.08 bits per heavy atom. The summed E-state index contributed by atoms with van der Waals surface area (Å²) in [6.07, 6.45) is 0. The van der Waals surface area contributed by atoms with E-state index in [0.717, 1.165) is 0 Å². The molecule has 0 saturated carbocycles. The van der Waals surface area contributed by atoms with Crippen LogP contribution in [0.1, 0.15) is 20.8 Å². The second-order valence-electron chi connectivity index (χ2n) is 3.33. The molecule has 0 aromatic carbocycles. The normalized spacial score (nSPS) is 11.4. The van der Waals surface area contributed by atoms with E-state index in [9.17, 15) is 4.79 Å². The summed E-state index contributed by atoms with van der Waals surface area (Å²) in [5.41, 5.74) is -0.508. The Morgan fingerprint density at radius 1 is 1.46 bits per heavy atom. The van der Waals surface area contributed by atoms with Gasteiger partial charge in [-0.05, 0) is 27.8 Å². The van der Waals surface area contributed by atoms with Crippen molar-refractivity contribution in [2.24, 2.45) is 0 Å². The van der Waals surface area contributed by atoms with E-state index in [0.29, 0.717) is 19.8 Å². The summed E-state index contributed by atoms with van der Waals surface area (Å²) in [7, 11) is 1.77. The standard InChI is InChI=1S/C9H20N2O2/c1-5-13-7-6-11-8(12)9(2,3)10-4/h10H,5-7H2,1-4H3,(H,11,12). The molecule has 0 saturated heterocycles. The molecule has 0 spiro atoms. The second-order valence-corrected chi connectivity index (χ2v) is 3.33. The maximum atomic E-state index is 11.4. The van der Waals surface area contributed by atoms with E-state index in [2.05, 4.69) is 10.6 Å². The summed E-state index contributed by atoms with van der Waals surface area (Å²) in [5, 5.41) is 5.71. The van der Waals surface area contributed by atoms with Crippen molar-refractivity contribution in [1.82, 2.24) is 10.6 Å². The van der Waals surface area contributed by atoms with Crippen LogP contribution in [0.2, 0.25) is 0 Å². The Morgan fingerprint density at radius 3 is 2.54 bits per heavy atom. The lowest BCUT2D eigenvalue weighted by Gasteiger charge is -2.22. The van der Waals surface area contributed by atoms with Crippen LogP contribution in [-0.4, -0.2) is 38.3 Å². The molecular formula is C9H20N2O2. The van der Waals surface area contributed by atoms with Crippen molar-refractivity contribution in [1.29, 1.82) is 0 Å². The average molecular weight is 188 g/mol. The van der Waals surface area contributed by atoms with Crippen LogP contribution in [-0.2, 0) is 9.53 Å². The SMILES string of the molecule is CCOCCNC(=O)C(C)(C)NC. The van der Waals surface area contributed by atoms with Crippen molar-refractivity contribution in [2.75, 3.05) is 26.8 Å². The first-order valence-corrected chi connectivity index (χ1v) is 4.59. The molecule has 1 amide bonds. The Bertz CT molecular complexity index is 158. The summed E-state index contributed by atoms with van der Waals surface area (Å²) in [6, 6.07) is 0. The molecular weight excluding hydrogens is 168 g/mol. The number of likely N-dealkylation sites (N-methyl/N-ethyl adjacent to an activating group) is 1. The number of hydrogen-bond acceptors (Lipinski definition) is 3. The summed E-state index contributed by atoms with van der Waals surface area (Å²) in [5.74, 6) is -0.00490. The molecule has 0 aliphatic rings. The first-order valence-electron chi connectivity index (χ1n) is 4.59. The molecule has 4 heteroatoms. The number of ether oxygens (including phenoxy) is 1. The Balaban J connectivity index is 3.62. The van der Waals surface area contributed by atoms with Crippen molar-refractivity contribution in [2.45, 2.75) is 26.3 Å². The molecule has 0 aromatic heterocycles. The molecule has 13 heavy (non-hydrogen) atoms. The fourth-order valence-corrected chi connectivity index (χ4v) is 0.716. The lowest BCUT2D eigenvalue weighted by molar-refractivity contribution is -0.126. The van der Waals surface area contributed by atoms with Crippen molar-refractivity contribution in [3.8, 4) is 0 Å². The molecule has 0 aliphatic heterocycles. The fourth-order valence-electron chi connectivity index (χ4n) is 0.716. The van der Waals surface area contributed by atoms with Gasteiger partial charge in [0.05, 0.1) is 12.1 Å². The van der Waals surface area contributed by atoms with E-state index in [1.54, 1.807) is 7.05 Å². The Hall–Kier alpha value is -0.610. The van der Waals surface area contributed by atoms with Crippen molar-refractivity contribution < 1.29 is 9.53 Å². The highest BCUT2D eigenvalue weighted by Crippen LogP contribution is 1.99. The minimum atomic E-state index is -0.508. The highest BCUT2D eigenvalue weighted by atomic mass is 16.5. The lowest BCUT2D eigenvalue weighted by atomic mass is 10.1. The molecule has 0 atom stereocenters. The van der Waals surface area contributed by atoms with Crippen LogP contribution in [0.4, 0.5) is 0 Å². The van der Waals surface area contributed by atoms with Crippen LogP contribution < -0.4 is 10.6 Å². The summed E-state index contributed by atoms with van der Waals surface area (Å²) in [6.45, 7) is 7.43. The van der Waals surface area contributed by atoms with Gasteiger partial charge in [-0.25, -0.2) is 0 Å². The number of rotatable bonds is 6. The van der Waals surface area contributed by atoms with E-state index in [4.69, 9.17) is 4.74 Å². The van der Waals surface area contributed by atoms with Gasteiger partial charge in [-0.2, -0.15) is 0 Å². The Labute approximate surface area is 80.0 Å². The first-order chi connectivity index (χ1) is 6.04. The topological polar surface area (TPSA) is 50.4 Å². The maximum Gasteiger partial charge on any atom is 0.239 e. The molecule has 0 rings (SSSR count). The van der Waals surface area contributed by atoms with E-state index in [1.165, 1.54) is 0 Å². The van der Waals surface area contributed by atoms with Gasteiger partial charge in [-0.1, -0.05) is 0 Å². The monoisotopic (exact) mass is 188 g/mol. The zero-order valence-electron chi connectivity index (χ0n) is 8.94. The number of carbonyl (C=O) groups is 1. The molecule has 0 aromatic rings. The van der Waals surface area contributed by atoms with Crippen molar-refractivity contribution in [3.05, 3.63) is 0 Å². The predicted octanol–water partition coefficient (Wildman–Crippen LogP) is 0.137. The average Bonchev–Trinajstić information content (AvgIpc) is 2.12. The Kier molecular flexibility index (Phi) is 5.66. The van der Waals surface area contributed by atoms with E-state index in [-0.39, 0.29) is 5.91 Å². The van der Waals surface area contributed by atoms with Gasteiger partial charge in [0.1, 0.15) is 0 Å². The van der Waals surface area contributed by atoms with Crippen LogP contribution in [0.3, 0.4) is 0 Å². The zero-order chi connectivity index (χ0) is 10.3. The van der Waals surface area contributed by atoms with Crippen LogP contribution in [0.15, 0.2) is 0 Å². The van der Waals surface area contributed by atoms with Crippen LogP contribution in [0.5, 0.6) is 0 Å². The number of nitrogens with one attached hydrogen (secondary N) is 2. The summed E-state index contributed by atoms with van der Waals surface area (Å²) in [4.78, 5) is 11.4.